The number of nitrogen functional groups attached to an aromatic ring is 1. The lowest BCUT2D eigenvalue weighted by atomic mass is 10.1. The molecule has 3 aromatic rings. The number of aromatic nitrogens is 4. The Bertz CT molecular complexity index is 1350. The van der Waals surface area contributed by atoms with Crippen LogP contribution < -0.4 is 27.4 Å². The average Bonchev–Trinajstić information content (AvgIpc) is 2.72. The molecule has 0 aliphatic rings. The zero-order chi connectivity index (χ0) is 23.7. The smallest absolute Gasteiger partial charge is 0.330 e. The van der Waals surface area contributed by atoms with Gasteiger partial charge in [-0.2, -0.15) is 5.10 Å². The van der Waals surface area contributed by atoms with E-state index in [1.807, 2.05) is 27.7 Å². The lowest BCUT2D eigenvalue weighted by molar-refractivity contribution is 0.0978. The van der Waals surface area contributed by atoms with Gasteiger partial charge in [0.1, 0.15) is 5.82 Å². The Morgan fingerprint density at radius 3 is 2.31 bits per heavy atom. The number of nitrogens with one attached hydrogen (secondary N) is 1. The maximum absolute atomic E-state index is 13.7. The van der Waals surface area contributed by atoms with Crippen LogP contribution in [0.2, 0.25) is 0 Å². The van der Waals surface area contributed by atoms with Gasteiger partial charge in [0.2, 0.25) is 0 Å². The van der Waals surface area contributed by atoms with Gasteiger partial charge in [0.25, 0.3) is 17.0 Å². The summed E-state index contributed by atoms with van der Waals surface area (Å²) in [5, 5.41) is 4.91. The molecule has 3 rings (SSSR count). The van der Waals surface area contributed by atoms with Gasteiger partial charge < -0.3 is 5.73 Å². The number of amides is 1. The van der Waals surface area contributed by atoms with Crippen molar-refractivity contribution in [1.82, 2.24) is 19.3 Å². The molecule has 32 heavy (non-hydrogen) atoms. The van der Waals surface area contributed by atoms with E-state index in [0.29, 0.717) is 10.8 Å². The monoisotopic (exact) mass is 440 g/mol. The van der Waals surface area contributed by atoms with Crippen LogP contribution in [0.15, 0.2) is 38.6 Å². The fourth-order valence-electron chi connectivity index (χ4n) is 3.61. The second-order valence-corrected chi connectivity index (χ2v) is 8.63. The van der Waals surface area contributed by atoms with Gasteiger partial charge in [-0.15, -0.1) is 0 Å². The van der Waals surface area contributed by atoms with Crippen LogP contribution in [-0.2, 0) is 13.6 Å². The first-order chi connectivity index (χ1) is 15.0. The van der Waals surface area contributed by atoms with Crippen molar-refractivity contribution in [2.24, 2.45) is 18.9 Å². The molecule has 0 spiro atoms. The number of carbonyl (C=O) groups is 1. The number of fused-ring (bicyclic) bond motifs is 1. The number of benzene rings is 1. The summed E-state index contributed by atoms with van der Waals surface area (Å²) in [7, 11) is 1.46. The minimum atomic E-state index is -0.754. The largest absolute Gasteiger partial charge is 0.383 e. The third-order valence-corrected chi connectivity index (χ3v) is 4.98. The first kappa shape index (κ1) is 23.0. The van der Waals surface area contributed by atoms with Crippen molar-refractivity contribution in [3.63, 3.8) is 0 Å². The normalized spacial score (nSPS) is 11.5. The van der Waals surface area contributed by atoms with Crippen molar-refractivity contribution < 1.29 is 4.79 Å². The molecular weight excluding hydrogens is 412 g/mol. The maximum atomic E-state index is 13.7. The average molecular weight is 441 g/mol. The first-order valence-electron chi connectivity index (χ1n) is 10.4. The van der Waals surface area contributed by atoms with Crippen molar-refractivity contribution in [3.8, 4) is 0 Å². The van der Waals surface area contributed by atoms with Gasteiger partial charge in [0, 0.05) is 25.5 Å². The minimum absolute atomic E-state index is 0.0174. The molecule has 0 fully saturated rings. The molecule has 0 unspecified atom stereocenters. The summed E-state index contributed by atoms with van der Waals surface area (Å²) in [6.45, 7) is 8.04. The van der Waals surface area contributed by atoms with Crippen LogP contribution >= 0.6 is 0 Å². The molecule has 0 saturated heterocycles. The molecule has 2 aromatic heterocycles. The second kappa shape index (κ2) is 8.81. The Balaban J connectivity index is 2.29. The number of nitrogens with two attached hydrogens (primary N) is 1. The lowest BCUT2D eigenvalue weighted by Crippen LogP contribution is -2.43. The summed E-state index contributed by atoms with van der Waals surface area (Å²) < 4.78 is 2.35. The minimum Gasteiger partial charge on any atom is -0.383 e. The number of rotatable bonds is 6. The van der Waals surface area contributed by atoms with Crippen molar-refractivity contribution in [2.75, 3.05) is 17.2 Å². The molecule has 1 aromatic carbocycles. The van der Waals surface area contributed by atoms with Gasteiger partial charge in [0.05, 0.1) is 5.39 Å². The van der Waals surface area contributed by atoms with Crippen molar-refractivity contribution in [3.05, 3.63) is 61.2 Å². The van der Waals surface area contributed by atoms with Crippen LogP contribution in [0.3, 0.4) is 0 Å². The van der Waals surface area contributed by atoms with Crippen molar-refractivity contribution >= 4 is 28.2 Å². The van der Waals surface area contributed by atoms with Gasteiger partial charge in [0.15, 0.2) is 11.4 Å². The zero-order valence-corrected chi connectivity index (χ0v) is 18.9. The third-order valence-electron chi connectivity index (χ3n) is 4.98. The summed E-state index contributed by atoms with van der Waals surface area (Å²) in [6.07, 6.45) is 0. The van der Waals surface area contributed by atoms with E-state index in [2.05, 4.69) is 10.1 Å². The molecule has 0 radical (unpaired) electrons. The van der Waals surface area contributed by atoms with E-state index in [1.54, 1.807) is 24.3 Å². The van der Waals surface area contributed by atoms with Crippen LogP contribution in [0.5, 0.6) is 0 Å². The highest BCUT2D eigenvalue weighted by atomic mass is 16.2. The van der Waals surface area contributed by atoms with Gasteiger partial charge in [-0.3, -0.25) is 28.8 Å². The van der Waals surface area contributed by atoms with Gasteiger partial charge >= 0.3 is 5.69 Å². The van der Waals surface area contributed by atoms with Gasteiger partial charge in [-0.25, -0.2) is 9.48 Å². The second-order valence-electron chi connectivity index (χ2n) is 8.63. The van der Waals surface area contributed by atoms with Gasteiger partial charge in [-0.05, 0) is 17.9 Å². The fourth-order valence-corrected chi connectivity index (χ4v) is 3.61. The maximum Gasteiger partial charge on any atom is 0.330 e. The Labute approximate surface area is 184 Å². The highest BCUT2D eigenvalue weighted by Gasteiger charge is 2.29. The van der Waals surface area contributed by atoms with E-state index in [9.17, 15) is 19.2 Å². The van der Waals surface area contributed by atoms with E-state index in [0.717, 1.165) is 4.68 Å². The Morgan fingerprint density at radius 1 is 1.09 bits per heavy atom. The van der Waals surface area contributed by atoms with Crippen molar-refractivity contribution in [2.45, 2.75) is 34.2 Å². The summed E-state index contributed by atoms with van der Waals surface area (Å²) in [4.78, 5) is 54.9. The summed E-state index contributed by atoms with van der Waals surface area (Å²) in [6, 6.07) is 6.66. The number of H-pyrrole nitrogens is 1. The molecule has 1 amide bonds. The van der Waals surface area contributed by atoms with E-state index >= 15 is 0 Å². The molecule has 0 atom stereocenters. The number of hydrogen-bond acceptors (Lipinski definition) is 6. The fraction of sp³-hybridized carbons (Fsp3) is 0.409. The third kappa shape index (κ3) is 4.20. The molecule has 0 aliphatic carbocycles. The topological polar surface area (TPSA) is 136 Å². The summed E-state index contributed by atoms with van der Waals surface area (Å²) in [5.41, 5.74) is 4.45. The summed E-state index contributed by atoms with van der Waals surface area (Å²) in [5.74, 6) is -0.618. The highest BCUT2D eigenvalue weighted by molar-refractivity contribution is 6.13. The first-order valence-corrected chi connectivity index (χ1v) is 10.4. The Hall–Kier alpha value is -3.69. The quantitative estimate of drug-likeness (QED) is 0.593. The Kier molecular flexibility index (Phi) is 6.33. The predicted molar refractivity (Wildman–Crippen MR) is 124 cm³/mol. The molecule has 10 heteroatoms. The SMILES string of the molecule is CC(C)CN(C(=O)c1nn(C)c(=O)c2ccccc12)c1c(N)n(CC(C)C)c(=O)[nH]c1=O. The molecule has 10 nitrogen and oxygen atoms in total. The number of carbonyl (C=O) groups excluding carboxylic acids is 1. The number of aromatic amines is 1. The van der Waals surface area contributed by atoms with Crippen molar-refractivity contribution in [1.29, 1.82) is 0 Å². The molecule has 0 aliphatic heterocycles. The highest BCUT2D eigenvalue weighted by Crippen LogP contribution is 2.23. The molecule has 0 saturated carbocycles. The predicted octanol–water partition coefficient (Wildman–Crippen LogP) is 1.32. The van der Waals surface area contributed by atoms with Gasteiger partial charge in [-0.1, -0.05) is 45.9 Å². The lowest BCUT2D eigenvalue weighted by Gasteiger charge is -2.26. The van der Waals surface area contributed by atoms with E-state index in [4.69, 9.17) is 5.73 Å². The zero-order valence-electron chi connectivity index (χ0n) is 18.9. The summed E-state index contributed by atoms with van der Waals surface area (Å²) >= 11 is 0. The van der Waals surface area contributed by atoms with Crippen LogP contribution in [-0.4, -0.2) is 31.8 Å². The van der Waals surface area contributed by atoms with E-state index in [-0.39, 0.29) is 47.7 Å². The van der Waals surface area contributed by atoms with E-state index in [1.165, 1.54) is 16.5 Å². The number of anilines is 2. The number of hydrogen-bond donors (Lipinski definition) is 2. The van der Waals surface area contributed by atoms with Crippen LogP contribution in [0.4, 0.5) is 11.5 Å². The van der Waals surface area contributed by atoms with Crippen LogP contribution in [0.25, 0.3) is 10.8 Å². The molecule has 3 N–H and O–H groups in total. The van der Waals surface area contributed by atoms with Crippen LogP contribution in [0, 0.1) is 11.8 Å². The Morgan fingerprint density at radius 2 is 1.72 bits per heavy atom. The number of aryl methyl sites for hydroxylation is 1. The standard InChI is InChI=1S/C22H28N6O4/c1-12(2)10-27(17-18(23)28(11-13(3)4)22(32)24-19(17)29)21(31)16-14-8-6-7-9-15(14)20(30)26(5)25-16/h6-9,12-13H,10-11,23H2,1-5H3,(H,24,29,32). The van der Waals surface area contributed by atoms with E-state index < -0.39 is 17.2 Å². The molecule has 2 heterocycles. The van der Waals surface area contributed by atoms with Crippen LogP contribution in [0.1, 0.15) is 38.2 Å². The number of nitrogens with zero attached hydrogens (tertiary/aromatic N) is 4. The molecule has 170 valence electrons. The molecule has 0 bridgehead atoms. The molecular formula is C22H28N6O4.